The van der Waals surface area contributed by atoms with Crippen LogP contribution in [0.2, 0.25) is 0 Å². The minimum absolute atomic E-state index is 0.0315. The van der Waals surface area contributed by atoms with Crippen LogP contribution in [0, 0.1) is 0 Å². The van der Waals surface area contributed by atoms with Crippen molar-refractivity contribution >= 4 is 45.0 Å². The maximum atomic E-state index is 12.6. The van der Waals surface area contributed by atoms with Crippen molar-refractivity contribution in [2.75, 3.05) is 55.3 Å². The minimum Gasteiger partial charge on any atom is -0.395 e. The minimum atomic E-state index is -0.668. The average Bonchev–Trinajstić information content (AvgIpc) is 2.87. The van der Waals surface area contributed by atoms with Gasteiger partial charge in [-0.2, -0.15) is 4.98 Å². The monoisotopic (exact) mass is 557 g/mol. The van der Waals surface area contributed by atoms with Crippen LogP contribution in [0.5, 0.6) is 0 Å². The van der Waals surface area contributed by atoms with Gasteiger partial charge in [-0.05, 0) is 46.1 Å². The van der Waals surface area contributed by atoms with Gasteiger partial charge in [0.1, 0.15) is 5.82 Å². The third-order valence-corrected chi connectivity index (χ3v) is 5.90. The van der Waals surface area contributed by atoms with Gasteiger partial charge in [0.25, 0.3) is 0 Å². The van der Waals surface area contributed by atoms with Gasteiger partial charge in [0.15, 0.2) is 0 Å². The molecule has 11 heteroatoms. The molecule has 1 atom stereocenters. The number of hydrogen-bond acceptors (Lipinski definition) is 9. The number of amides is 1. The van der Waals surface area contributed by atoms with Crippen molar-refractivity contribution in [2.45, 2.75) is 12.5 Å². The van der Waals surface area contributed by atoms with Crippen LogP contribution in [0.25, 0.3) is 0 Å². The normalized spacial score (nSPS) is 11.8. The van der Waals surface area contributed by atoms with Gasteiger partial charge in [0.2, 0.25) is 11.9 Å². The third kappa shape index (κ3) is 8.85. The number of nitrogens with two attached hydrogens (primary N) is 1. The van der Waals surface area contributed by atoms with E-state index in [4.69, 9.17) is 15.9 Å². The molecule has 1 unspecified atom stereocenters. The molecule has 7 N–H and O–H groups in total. The predicted octanol–water partition coefficient (Wildman–Crippen LogP) is 2.19. The highest BCUT2D eigenvalue weighted by atomic mass is 79.9. The molecular formula is C25H32BrN7O3. The van der Waals surface area contributed by atoms with Gasteiger partial charge in [-0.25, -0.2) is 4.98 Å². The van der Waals surface area contributed by atoms with Gasteiger partial charge in [-0.1, -0.05) is 36.4 Å². The summed E-state index contributed by atoms with van der Waals surface area (Å²) in [6.45, 7) is 2.25. The van der Waals surface area contributed by atoms with Crippen molar-refractivity contribution in [3.63, 3.8) is 0 Å². The van der Waals surface area contributed by atoms with Crippen LogP contribution in [-0.2, 0) is 11.2 Å². The summed E-state index contributed by atoms with van der Waals surface area (Å²) in [5, 5.41) is 27.5. The number of hydrogen-bond donors (Lipinski definition) is 6. The zero-order valence-corrected chi connectivity index (χ0v) is 21.5. The first-order valence-electron chi connectivity index (χ1n) is 11.7. The summed E-state index contributed by atoms with van der Waals surface area (Å²) in [5.74, 6) is 0.725. The van der Waals surface area contributed by atoms with E-state index in [-0.39, 0.29) is 19.1 Å². The molecule has 3 aromatic rings. The van der Waals surface area contributed by atoms with Crippen LogP contribution in [-0.4, -0.2) is 76.4 Å². The highest BCUT2D eigenvalue weighted by molar-refractivity contribution is 9.10. The molecule has 36 heavy (non-hydrogen) atoms. The molecule has 1 amide bonds. The SMILES string of the molecule is NC(Cc1ccccc1)C(=O)Nc1cccc(Nc2ncc(Br)c(NCCN(CCO)CCO)n2)c1. The smallest absolute Gasteiger partial charge is 0.241 e. The van der Waals surface area contributed by atoms with Gasteiger partial charge in [-0.15, -0.1) is 0 Å². The summed E-state index contributed by atoms with van der Waals surface area (Å²) in [7, 11) is 0. The maximum Gasteiger partial charge on any atom is 0.241 e. The zero-order chi connectivity index (χ0) is 25.8. The highest BCUT2D eigenvalue weighted by Crippen LogP contribution is 2.23. The Balaban J connectivity index is 1.58. The maximum absolute atomic E-state index is 12.6. The second-order valence-corrected chi connectivity index (χ2v) is 8.95. The van der Waals surface area contributed by atoms with Crippen molar-refractivity contribution in [1.82, 2.24) is 14.9 Å². The highest BCUT2D eigenvalue weighted by Gasteiger charge is 2.15. The molecule has 0 fully saturated rings. The van der Waals surface area contributed by atoms with E-state index in [0.717, 1.165) is 5.56 Å². The summed E-state index contributed by atoms with van der Waals surface area (Å²) in [6, 6.07) is 16.2. The topological polar surface area (TPSA) is 149 Å². The number of anilines is 4. The summed E-state index contributed by atoms with van der Waals surface area (Å²) in [6.07, 6.45) is 2.09. The van der Waals surface area contributed by atoms with Crippen LogP contribution < -0.4 is 21.7 Å². The molecule has 0 aliphatic carbocycles. The lowest BCUT2D eigenvalue weighted by Crippen LogP contribution is -2.37. The van der Waals surface area contributed by atoms with Crippen LogP contribution in [0.4, 0.5) is 23.1 Å². The van der Waals surface area contributed by atoms with Crippen molar-refractivity contribution in [3.8, 4) is 0 Å². The van der Waals surface area contributed by atoms with Crippen LogP contribution in [0.1, 0.15) is 5.56 Å². The van der Waals surface area contributed by atoms with Crippen LogP contribution in [0.3, 0.4) is 0 Å². The molecular weight excluding hydrogens is 526 g/mol. The Morgan fingerprint density at radius 3 is 2.47 bits per heavy atom. The molecule has 0 radical (unpaired) electrons. The average molecular weight is 558 g/mol. The molecule has 0 aliphatic heterocycles. The van der Waals surface area contributed by atoms with Crippen molar-refractivity contribution < 1.29 is 15.0 Å². The number of aliphatic hydroxyl groups excluding tert-OH is 2. The molecule has 2 aromatic carbocycles. The largest absolute Gasteiger partial charge is 0.395 e. The summed E-state index contributed by atoms with van der Waals surface area (Å²) in [5.41, 5.74) is 8.41. The van der Waals surface area contributed by atoms with Gasteiger partial charge >= 0.3 is 0 Å². The Bertz CT molecular complexity index is 1100. The summed E-state index contributed by atoms with van der Waals surface area (Å²) in [4.78, 5) is 23.4. The Morgan fingerprint density at radius 1 is 1.03 bits per heavy atom. The van der Waals surface area contributed by atoms with E-state index in [1.807, 2.05) is 47.4 Å². The van der Waals surface area contributed by atoms with Gasteiger partial charge in [0, 0.05) is 43.8 Å². The first-order chi connectivity index (χ1) is 17.5. The standard InChI is InChI=1S/C25H32BrN7O3/c26-21-17-29-25(32-23(21)28-9-10-33(11-13-34)12-14-35)31-20-8-4-7-19(16-20)30-24(36)22(27)15-18-5-2-1-3-6-18/h1-8,16-17,22,34-35H,9-15,27H2,(H,30,36)(H2,28,29,31,32). The Labute approximate surface area is 219 Å². The molecule has 1 heterocycles. The number of nitrogens with one attached hydrogen (secondary N) is 3. The molecule has 10 nitrogen and oxygen atoms in total. The third-order valence-electron chi connectivity index (χ3n) is 5.32. The van der Waals surface area contributed by atoms with Crippen molar-refractivity contribution in [1.29, 1.82) is 0 Å². The lowest BCUT2D eigenvalue weighted by atomic mass is 10.1. The fourth-order valence-corrected chi connectivity index (χ4v) is 3.83. The van der Waals surface area contributed by atoms with E-state index in [9.17, 15) is 4.79 Å². The molecule has 3 rings (SSSR count). The van der Waals surface area contributed by atoms with E-state index < -0.39 is 6.04 Å². The first kappa shape index (κ1) is 27.5. The molecule has 1 aromatic heterocycles. The van der Waals surface area contributed by atoms with E-state index in [1.54, 1.807) is 18.3 Å². The number of nitrogens with zero attached hydrogens (tertiary/aromatic N) is 3. The first-order valence-corrected chi connectivity index (χ1v) is 12.5. The van der Waals surface area contributed by atoms with E-state index in [2.05, 4.69) is 41.8 Å². The molecule has 0 aliphatic rings. The number of carbonyl (C=O) groups excluding carboxylic acids is 1. The fraction of sp³-hybridized carbons (Fsp3) is 0.320. The quantitative estimate of drug-likeness (QED) is 0.175. The molecule has 0 saturated heterocycles. The Morgan fingerprint density at radius 2 is 1.75 bits per heavy atom. The molecule has 192 valence electrons. The van der Waals surface area contributed by atoms with Gasteiger partial charge in [-0.3, -0.25) is 9.69 Å². The van der Waals surface area contributed by atoms with Crippen molar-refractivity contribution in [3.05, 3.63) is 70.8 Å². The Hall–Kier alpha value is -3.09. The van der Waals surface area contributed by atoms with Crippen LogP contribution >= 0.6 is 15.9 Å². The fourth-order valence-electron chi connectivity index (χ4n) is 3.50. The second-order valence-electron chi connectivity index (χ2n) is 8.10. The second kappa shape index (κ2) is 14.5. The Kier molecular flexibility index (Phi) is 11.0. The van der Waals surface area contributed by atoms with E-state index >= 15 is 0 Å². The molecule has 0 spiro atoms. The lowest BCUT2D eigenvalue weighted by Gasteiger charge is -2.20. The lowest BCUT2D eigenvalue weighted by molar-refractivity contribution is -0.117. The predicted molar refractivity (Wildman–Crippen MR) is 145 cm³/mol. The number of aliphatic hydroxyl groups is 2. The summed E-state index contributed by atoms with van der Waals surface area (Å²) < 4.78 is 0.706. The number of aromatic nitrogens is 2. The van der Waals surface area contributed by atoms with Gasteiger partial charge < -0.3 is 31.9 Å². The number of benzene rings is 2. The van der Waals surface area contributed by atoms with Crippen LogP contribution in [0.15, 0.2) is 65.3 Å². The zero-order valence-electron chi connectivity index (χ0n) is 19.9. The van der Waals surface area contributed by atoms with Crippen molar-refractivity contribution in [2.24, 2.45) is 5.73 Å². The molecule has 0 bridgehead atoms. The number of rotatable bonds is 14. The molecule has 0 saturated carbocycles. The number of halogens is 1. The van der Waals surface area contributed by atoms with E-state index in [1.165, 1.54) is 0 Å². The van der Waals surface area contributed by atoms with E-state index in [0.29, 0.717) is 60.2 Å². The van der Waals surface area contributed by atoms with Gasteiger partial charge in [0.05, 0.1) is 23.7 Å². The summed E-state index contributed by atoms with van der Waals surface area (Å²) >= 11 is 3.45. The number of carbonyl (C=O) groups is 1.